The van der Waals surface area contributed by atoms with E-state index in [1.165, 1.54) is 108 Å². The molecule has 306 valence electrons. The minimum Gasteiger partial charge on any atom is -0.310 e. The zero-order chi connectivity index (χ0) is 43.0. The van der Waals surface area contributed by atoms with Crippen molar-refractivity contribution in [2.45, 2.75) is 18.5 Å². The van der Waals surface area contributed by atoms with Crippen LogP contribution < -0.4 is 15.3 Å². The summed E-state index contributed by atoms with van der Waals surface area (Å²) in [5.74, 6) is 0. The molecule has 1 aliphatic carbocycles. The van der Waals surface area contributed by atoms with E-state index in [9.17, 15) is 0 Å². The molecule has 65 heavy (non-hydrogen) atoms. The normalized spacial score (nSPS) is 15.7. The molecular weight excluding hydrogens is 821 g/mol. The van der Waals surface area contributed by atoms with E-state index in [1.54, 1.807) is 0 Å². The molecule has 1 spiro atoms. The van der Waals surface area contributed by atoms with Gasteiger partial charge in [0.15, 0.2) is 0 Å². The maximum atomic E-state index is 2.58. The number of benzene rings is 10. The van der Waals surface area contributed by atoms with Gasteiger partial charge in [-0.3, -0.25) is 0 Å². The lowest BCUT2D eigenvalue weighted by atomic mass is 9.59. The molecule has 1 atom stereocenters. The Morgan fingerprint density at radius 2 is 1.05 bits per heavy atom. The Balaban J connectivity index is 1.04. The average Bonchev–Trinajstić information content (AvgIpc) is 3.90. The standard InChI is InChI=1S/C61H42N2SSi/c1-65(2)57-32-13-10-26-49(57)61(48-25-9-6-21-43(48)46-24-14-17-39-18-15-27-51(61)59(39)46)50-36-34-42(38-58(50)65)62(40-19-4-3-5-20-40)41-33-35-45-44-22-7-11-28-52(44)63(54(45)37-41)53-29-16-31-56-60(53)47-23-8-12-30-55(47)64-56/h3-38H,1-2H3. The molecule has 3 heterocycles. The van der Waals surface area contributed by atoms with Crippen LogP contribution in [0.3, 0.4) is 0 Å². The molecule has 2 nitrogen and oxygen atoms in total. The van der Waals surface area contributed by atoms with E-state index >= 15 is 0 Å². The van der Waals surface area contributed by atoms with Gasteiger partial charge in [-0.1, -0.05) is 171 Å². The molecular formula is C61H42N2SSi. The Labute approximate surface area is 382 Å². The highest BCUT2D eigenvalue weighted by Gasteiger charge is 2.52. The van der Waals surface area contributed by atoms with Crippen LogP contribution in [0.4, 0.5) is 17.1 Å². The third kappa shape index (κ3) is 4.93. The predicted molar refractivity (Wildman–Crippen MR) is 280 cm³/mol. The molecule has 0 bridgehead atoms. The summed E-state index contributed by atoms with van der Waals surface area (Å²) in [5.41, 5.74) is 14.8. The van der Waals surface area contributed by atoms with Gasteiger partial charge >= 0.3 is 0 Å². The van der Waals surface area contributed by atoms with Gasteiger partial charge < -0.3 is 9.47 Å². The summed E-state index contributed by atoms with van der Waals surface area (Å²) >= 11 is 1.87. The average molecular weight is 863 g/mol. The maximum absolute atomic E-state index is 2.58. The van der Waals surface area contributed by atoms with Crippen LogP contribution in [-0.4, -0.2) is 12.6 Å². The Bertz CT molecular complexity index is 3950. The number of anilines is 3. The van der Waals surface area contributed by atoms with Gasteiger partial charge in [0.2, 0.25) is 0 Å². The summed E-state index contributed by atoms with van der Waals surface area (Å²) < 4.78 is 5.13. The first-order valence-electron chi connectivity index (χ1n) is 22.7. The molecule has 10 aromatic carbocycles. The summed E-state index contributed by atoms with van der Waals surface area (Å²) in [5, 5.41) is 10.7. The van der Waals surface area contributed by atoms with Crippen molar-refractivity contribution in [1.29, 1.82) is 0 Å². The molecule has 2 aromatic heterocycles. The second-order valence-corrected chi connectivity index (χ2v) is 23.8. The number of hydrogen-bond donors (Lipinski definition) is 0. The van der Waals surface area contributed by atoms with Gasteiger partial charge in [-0.05, 0) is 115 Å². The number of thiophene rings is 1. The molecule has 0 fully saturated rings. The number of rotatable bonds is 4. The topological polar surface area (TPSA) is 8.17 Å². The minimum atomic E-state index is -2.31. The lowest BCUT2D eigenvalue weighted by Crippen LogP contribution is -2.63. The lowest BCUT2D eigenvalue weighted by molar-refractivity contribution is 0.754. The first kappa shape index (κ1) is 36.9. The van der Waals surface area contributed by atoms with Gasteiger partial charge in [0.05, 0.1) is 22.1 Å². The summed E-state index contributed by atoms with van der Waals surface area (Å²) in [6, 6.07) is 82.6. The first-order valence-corrected chi connectivity index (χ1v) is 26.5. The van der Waals surface area contributed by atoms with Crippen LogP contribution in [0.25, 0.3) is 69.6 Å². The summed E-state index contributed by atoms with van der Waals surface area (Å²) in [6.45, 7) is 5.13. The van der Waals surface area contributed by atoms with Gasteiger partial charge in [0.1, 0.15) is 8.07 Å². The van der Waals surface area contributed by atoms with E-state index in [-0.39, 0.29) is 0 Å². The van der Waals surface area contributed by atoms with Crippen molar-refractivity contribution in [1.82, 2.24) is 4.57 Å². The van der Waals surface area contributed by atoms with E-state index in [2.05, 4.69) is 241 Å². The molecule has 0 radical (unpaired) electrons. The number of aromatic nitrogens is 1. The van der Waals surface area contributed by atoms with Crippen LogP contribution in [0.15, 0.2) is 218 Å². The molecule has 12 aromatic rings. The van der Waals surface area contributed by atoms with Crippen LogP contribution in [0, 0.1) is 0 Å². The van der Waals surface area contributed by atoms with Gasteiger partial charge in [0.25, 0.3) is 0 Å². The molecule has 14 rings (SSSR count). The number of para-hydroxylation sites is 2. The molecule has 1 aliphatic heterocycles. The van der Waals surface area contributed by atoms with E-state index in [0.29, 0.717) is 0 Å². The van der Waals surface area contributed by atoms with Gasteiger partial charge in [0, 0.05) is 48.0 Å². The molecule has 1 unspecified atom stereocenters. The Kier molecular flexibility index (Phi) is 7.67. The van der Waals surface area contributed by atoms with Crippen LogP contribution in [-0.2, 0) is 5.41 Å². The highest BCUT2D eigenvalue weighted by atomic mass is 32.1. The third-order valence-corrected chi connectivity index (χ3v) is 19.5. The van der Waals surface area contributed by atoms with E-state index in [0.717, 1.165) is 11.4 Å². The smallest absolute Gasteiger partial charge is 0.113 e. The van der Waals surface area contributed by atoms with Crippen LogP contribution in [0.1, 0.15) is 22.3 Å². The van der Waals surface area contributed by atoms with Gasteiger partial charge in [-0.15, -0.1) is 11.3 Å². The second kappa shape index (κ2) is 13.5. The fourth-order valence-corrected chi connectivity index (χ4v) is 16.5. The van der Waals surface area contributed by atoms with Crippen LogP contribution in [0.5, 0.6) is 0 Å². The zero-order valence-corrected chi connectivity index (χ0v) is 37.9. The fourth-order valence-electron chi connectivity index (χ4n) is 12.1. The SMILES string of the molecule is C[Si]1(C)c2ccccc2C2(c3ccccc3-c3cccc4cccc2c34)c2ccc(N(c3ccccc3)c3ccc4c5ccccc5n(-c5cccc6sc7ccccc7c56)c4c3)cc21. The molecule has 0 amide bonds. The Hall–Kier alpha value is -7.50. The quantitative estimate of drug-likeness (QED) is 0.160. The fraction of sp³-hybridized carbons (Fsp3) is 0.0492. The summed E-state index contributed by atoms with van der Waals surface area (Å²) in [4.78, 5) is 2.49. The lowest BCUT2D eigenvalue weighted by Gasteiger charge is -2.50. The summed E-state index contributed by atoms with van der Waals surface area (Å²) in [7, 11) is -2.31. The van der Waals surface area contributed by atoms with Crippen molar-refractivity contribution in [3.05, 3.63) is 241 Å². The van der Waals surface area contributed by atoms with Crippen molar-refractivity contribution in [2.75, 3.05) is 4.90 Å². The zero-order valence-electron chi connectivity index (χ0n) is 36.1. The number of fused-ring (bicyclic) bond motifs is 14. The van der Waals surface area contributed by atoms with Crippen molar-refractivity contribution >= 4 is 99.6 Å². The largest absolute Gasteiger partial charge is 0.310 e. The number of nitrogens with zero attached hydrogens (tertiary/aromatic N) is 2. The highest BCUT2D eigenvalue weighted by Crippen LogP contribution is 2.56. The van der Waals surface area contributed by atoms with Crippen LogP contribution >= 0.6 is 11.3 Å². The van der Waals surface area contributed by atoms with Crippen molar-refractivity contribution in [2.24, 2.45) is 0 Å². The predicted octanol–water partition coefficient (Wildman–Crippen LogP) is 15.3. The number of hydrogen-bond acceptors (Lipinski definition) is 2. The van der Waals surface area contributed by atoms with Crippen molar-refractivity contribution in [3.63, 3.8) is 0 Å². The van der Waals surface area contributed by atoms with Crippen molar-refractivity contribution in [3.8, 4) is 16.8 Å². The Morgan fingerprint density at radius 1 is 0.415 bits per heavy atom. The molecule has 2 aliphatic rings. The highest BCUT2D eigenvalue weighted by molar-refractivity contribution is 7.25. The summed E-state index contributed by atoms with van der Waals surface area (Å²) in [6.07, 6.45) is 0. The van der Waals surface area contributed by atoms with E-state index in [4.69, 9.17) is 0 Å². The Morgan fingerprint density at radius 3 is 1.94 bits per heavy atom. The maximum Gasteiger partial charge on any atom is 0.113 e. The monoisotopic (exact) mass is 862 g/mol. The third-order valence-electron chi connectivity index (χ3n) is 14.8. The van der Waals surface area contributed by atoms with Gasteiger partial charge in [-0.25, -0.2) is 0 Å². The van der Waals surface area contributed by atoms with E-state index in [1.807, 2.05) is 11.3 Å². The molecule has 0 saturated heterocycles. The van der Waals surface area contributed by atoms with E-state index < -0.39 is 13.5 Å². The molecule has 0 N–H and O–H groups in total. The molecule has 4 heteroatoms. The minimum absolute atomic E-state index is 0.484. The van der Waals surface area contributed by atoms with Crippen LogP contribution in [0.2, 0.25) is 13.1 Å². The van der Waals surface area contributed by atoms with Gasteiger partial charge in [-0.2, -0.15) is 0 Å². The molecule has 0 saturated carbocycles. The second-order valence-electron chi connectivity index (χ2n) is 18.4. The van der Waals surface area contributed by atoms with Crippen molar-refractivity contribution < 1.29 is 0 Å². The first-order chi connectivity index (χ1) is 32.0.